The third-order valence-electron chi connectivity index (χ3n) is 8.79. The largest absolute Gasteiger partial charge is 0.475 e. The number of amides is 2. The van der Waals surface area contributed by atoms with Crippen LogP contribution < -0.4 is 10.6 Å². The molecule has 204 valence electrons. The first-order valence-electron chi connectivity index (χ1n) is 13.6. The van der Waals surface area contributed by atoms with Gasteiger partial charge in [-0.2, -0.15) is 0 Å². The number of nitrogens with one attached hydrogen (secondary N) is 2. The second-order valence-corrected chi connectivity index (χ2v) is 12.0. The van der Waals surface area contributed by atoms with E-state index in [0.717, 1.165) is 25.7 Å². The molecule has 5 aliphatic rings. The van der Waals surface area contributed by atoms with E-state index >= 15 is 0 Å². The monoisotopic (exact) mass is 510 g/mol. The van der Waals surface area contributed by atoms with Crippen LogP contribution in [0.5, 0.6) is 0 Å². The number of rotatable bonds is 9. The molecule has 1 unspecified atom stereocenters. The van der Waals surface area contributed by atoms with Crippen molar-refractivity contribution in [2.45, 2.75) is 109 Å². The van der Waals surface area contributed by atoms with Gasteiger partial charge in [0.15, 0.2) is 11.9 Å². The van der Waals surface area contributed by atoms with Crippen LogP contribution >= 0.6 is 0 Å². The van der Waals surface area contributed by atoms with E-state index < -0.39 is 30.7 Å². The Balaban J connectivity index is 1.33. The highest BCUT2D eigenvalue weighted by molar-refractivity contribution is 6.43. The van der Waals surface area contributed by atoms with Gasteiger partial charge in [0.05, 0.1) is 18.5 Å². The van der Waals surface area contributed by atoms with Gasteiger partial charge in [-0.3, -0.25) is 9.59 Å². The van der Waals surface area contributed by atoms with Crippen molar-refractivity contribution < 1.29 is 38.9 Å². The number of hydrogen-bond donors (Lipinski definition) is 4. The van der Waals surface area contributed by atoms with Crippen molar-refractivity contribution in [2.24, 2.45) is 29.6 Å². The Hall–Kier alpha value is -1.24. The van der Waals surface area contributed by atoms with Crippen LogP contribution in [0.2, 0.25) is 0 Å². The van der Waals surface area contributed by atoms with Gasteiger partial charge in [0, 0.05) is 25.3 Å². The van der Waals surface area contributed by atoms with E-state index in [-0.39, 0.29) is 61.0 Å². The zero-order chi connectivity index (χ0) is 26.3. The quantitative estimate of drug-likeness (QED) is 0.272. The lowest BCUT2D eigenvalue weighted by Gasteiger charge is -2.60. The molecule has 5 fully saturated rings. The molecule has 36 heavy (non-hydrogen) atoms. The summed E-state index contributed by atoms with van der Waals surface area (Å²) in [7, 11) is -1.63. The Morgan fingerprint density at radius 2 is 1.83 bits per heavy atom. The van der Waals surface area contributed by atoms with E-state index in [4.69, 9.17) is 19.2 Å². The van der Waals surface area contributed by atoms with Gasteiger partial charge in [-0.05, 0) is 56.3 Å². The predicted octanol–water partition coefficient (Wildman–Crippen LogP) is 1.68. The third-order valence-corrected chi connectivity index (χ3v) is 8.79. The summed E-state index contributed by atoms with van der Waals surface area (Å²) in [6.07, 6.45) is 3.51. The zero-order valence-electron chi connectivity index (χ0n) is 22.2. The molecule has 4 aliphatic heterocycles. The van der Waals surface area contributed by atoms with Crippen molar-refractivity contribution >= 4 is 18.9 Å². The fraction of sp³-hybridized carbons (Fsp3) is 0.920. The van der Waals surface area contributed by atoms with Gasteiger partial charge < -0.3 is 30.2 Å². The van der Waals surface area contributed by atoms with Gasteiger partial charge in [-0.25, -0.2) is 9.78 Å². The Bertz CT molecular complexity index is 815. The lowest BCUT2D eigenvalue weighted by atomic mass is 9.57. The molecule has 4 heterocycles. The van der Waals surface area contributed by atoms with Crippen LogP contribution in [-0.4, -0.2) is 65.2 Å². The normalized spacial score (nSPS) is 40.2. The Labute approximate surface area is 214 Å². The fourth-order valence-corrected chi connectivity index (χ4v) is 6.82. The number of fused-ring (bicyclic) bond motifs is 2. The zero-order valence-corrected chi connectivity index (χ0v) is 22.2. The number of carbonyl (C=O) groups is 2. The lowest BCUT2D eigenvalue weighted by Crippen LogP contribution is -2.70. The Morgan fingerprint density at radius 1 is 1.08 bits per heavy atom. The van der Waals surface area contributed by atoms with Crippen molar-refractivity contribution in [1.82, 2.24) is 10.6 Å². The van der Waals surface area contributed by atoms with Crippen molar-refractivity contribution in [1.29, 1.82) is 0 Å². The molecule has 0 aromatic heterocycles. The van der Waals surface area contributed by atoms with Crippen LogP contribution in [0.1, 0.15) is 79.6 Å². The molecule has 10 nitrogen and oxygen atoms in total. The summed E-state index contributed by atoms with van der Waals surface area (Å²) in [4.78, 5) is 37.0. The number of carbonyl (C=O) groups excluding carboxylic acids is 2. The van der Waals surface area contributed by atoms with Gasteiger partial charge in [-0.1, -0.05) is 27.7 Å². The minimum absolute atomic E-state index is 0.0503. The average Bonchev–Trinajstić information content (AvgIpc) is 3.02. The molecule has 0 aromatic carbocycles. The maximum absolute atomic E-state index is 12.8. The molecule has 0 radical (unpaired) electrons. The summed E-state index contributed by atoms with van der Waals surface area (Å²) < 4.78 is 12.8. The average molecular weight is 510 g/mol. The Morgan fingerprint density at radius 3 is 2.53 bits per heavy atom. The SMILES string of the molecule is CC(C)CC(NC(=O)CCNC(=O)C[C@H]1O[C@@H]2O[C@@]3(C)CC[C@H]4[C@H](C)CC[C@@H]([C@H]1C)[C@@]24OO3)B(O)O. The van der Waals surface area contributed by atoms with Crippen LogP contribution in [0.3, 0.4) is 0 Å². The summed E-state index contributed by atoms with van der Waals surface area (Å²) in [5, 5.41) is 24.4. The fourth-order valence-electron chi connectivity index (χ4n) is 6.82. The van der Waals surface area contributed by atoms with Crippen LogP contribution in [0, 0.1) is 29.6 Å². The Kier molecular flexibility index (Phi) is 8.39. The second kappa shape index (κ2) is 10.9. The highest BCUT2D eigenvalue weighted by Crippen LogP contribution is 2.60. The van der Waals surface area contributed by atoms with Gasteiger partial charge in [-0.15, -0.1) is 0 Å². The summed E-state index contributed by atoms with van der Waals surface area (Å²) in [5.74, 6) is -0.940. The highest BCUT2D eigenvalue weighted by Gasteiger charge is 2.69. The molecule has 11 heteroatoms. The van der Waals surface area contributed by atoms with Crippen molar-refractivity contribution in [3.05, 3.63) is 0 Å². The summed E-state index contributed by atoms with van der Waals surface area (Å²) >= 11 is 0. The third kappa shape index (κ3) is 5.47. The van der Waals surface area contributed by atoms with E-state index in [1.165, 1.54) is 0 Å². The maximum atomic E-state index is 12.8. The molecule has 4 saturated heterocycles. The first-order valence-corrected chi connectivity index (χ1v) is 13.6. The molecular formula is C25H43BN2O8. The molecular weight excluding hydrogens is 467 g/mol. The smallest absolute Gasteiger partial charge is 0.426 e. The topological polar surface area (TPSA) is 136 Å². The van der Waals surface area contributed by atoms with Gasteiger partial charge in [0.25, 0.3) is 0 Å². The second-order valence-electron chi connectivity index (χ2n) is 12.0. The molecule has 1 aliphatic carbocycles. The van der Waals surface area contributed by atoms with Crippen molar-refractivity contribution in [3.8, 4) is 0 Å². The molecule has 0 aromatic rings. The molecule has 2 amide bonds. The van der Waals surface area contributed by atoms with Crippen LogP contribution in [-0.2, 0) is 28.8 Å². The molecule has 5 rings (SSSR count). The van der Waals surface area contributed by atoms with E-state index in [2.05, 4.69) is 24.5 Å². The molecule has 1 spiro atoms. The lowest BCUT2D eigenvalue weighted by molar-refractivity contribution is -0.570. The summed E-state index contributed by atoms with van der Waals surface area (Å²) in [5.41, 5.74) is -0.651. The minimum atomic E-state index is -1.63. The van der Waals surface area contributed by atoms with E-state index in [1.54, 1.807) is 0 Å². The van der Waals surface area contributed by atoms with Crippen molar-refractivity contribution in [3.63, 3.8) is 0 Å². The van der Waals surface area contributed by atoms with Gasteiger partial charge in [0.2, 0.25) is 17.6 Å². The van der Waals surface area contributed by atoms with Crippen molar-refractivity contribution in [2.75, 3.05) is 6.54 Å². The highest BCUT2D eigenvalue weighted by atomic mass is 17.3. The molecule has 4 N–H and O–H groups in total. The van der Waals surface area contributed by atoms with Gasteiger partial charge in [0.1, 0.15) is 0 Å². The minimum Gasteiger partial charge on any atom is -0.426 e. The molecule has 9 atom stereocenters. The number of ether oxygens (including phenoxy) is 2. The van der Waals surface area contributed by atoms with E-state index in [9.17, 15) is 19.6 Å². The van der Waals surface area contributed by atoms with Crippen LogP contribution in [0.4, 0.5) is 0 Å². The molecule has 1 saturated carbocycles. The van der Waals surface area contributed by atoms with Crippen LogP contribution in [0.25, 0.3) is 0 Å². The number of hydrogen-bond acceptors (Lipinski definition) is 8. The van der Waals surface area contributed by atoms with Gasteiger partial charge >= 0.3 is 7.12 Å². The summed E-state index contributed by atoms with van der Waals surface area (Å²) in [6.45, 7) is 10.3. The summed E-state index contributed by atoms with van der Waals surface area (Å²) in [6, 6.07) is 0. The molecule has 2 bridgehead atoms. The van der Waals surface area contributed by atoms with Crippen LogP contribution in [0.15, 0.2) is 0 Å². The first kappa shape index (κ1) is 27.8. The maximum Gasteiger partial charge on any atom is 0.475 e. The first-order chi connectivity index (χ1) is 16.9. The van der Waals surface area contributed by atoms with E-state index in [0.29, 0.717) is 12.3 Å². The predicted molar refractivity (Wildman–Crippen MR) is 131 cm³/mol. The standard InChI is InChI=1S/C25H43BN2O8/c1-14(2)12-20(26(31)32)28-21(29)9-11-27-22(30)13-19-16(4)18-7-6-15(3)17-8-10-24(5)34-23(33-19)25(17,18)36-35-24/h14-20,23,31-32H,6-13H2,1-5H3,(H,27,30)(H,28,29)/t15-,16-,17+,18+,19-,20?,23-,24-,25-/m1/s1. The van der Waals surface area contributed by atoms with E-state index in [1.807, 2.05) is 20.8 Å².